The second-order valence-corrected chi connectivity index (χ2v) is 4.10. The summed E-state index contributed by atoms with van der Waals surface area (Å²) in [5.74, 6) is -0.479. The van der Waals surface area contributed by atoms with Crippen LogP contribution in [0.15, 0.2) is 12.2 Å². The van der Waals surface area contributed by atoms with E-state index in [1.165, 1.54) is 0 Å². The first-order chi connectivity index (χ1) is 7.53. The molecule has 0 aliphatic heterocycles. The van der Waals surface area contributed by atoms with Gasteiger partial charge in [0.2, 0.25) is 0 Å². The number of aliphatic hydroxyl groups excluding tert-OH is 4. The molecule has 0 aromatic carbocycles. The fraction of sp³-hybridized carbons (Fsp3) is 0.833. The van der Waals surface area contributed by atoms with Crippen molar-refractivity contribution in [1.82, 2.24) is 0 Å². The van der Waals surface area contributed by atoms with Crippen LogP contribution in [-0.4, -0.2) is 45.8 Å². The SMILES string of the molecule is C=C(C(CC)C(O)CO)C(CC)C(O)CO. The molecule has 0 aliphatic carbocycles. The van der Waals surface area contributed by atoms with Gasteiger partial charge in [-0.2, -0.15) is 0 Å². The van der Waals surface area contributed by atoms with Crippen LogP contribution in [0, 0.1) is 11.8 Å². The molecule has 0 fully saturated rings. The Morgan fingerprint density at radius 1 is 0.938 bits per heavy atom. The molecule has 4 heteroatoms. The van der Waals surface area contributed by atoms with E-state index < -0.39 is 12.2 Å². The topological polar surface area (TPSA) is 80.9 Å². The molecule has 0 amide bonds. The van der Waals surface area contributed by atoms with Crippen molar-refractivity contribution in [2.45, 2.75) is 38.9 Å². The van der Waals surface area contributed by atoms with Crippen LogP contribution in [-0.2, 0) is 0 Å². The number of aliphatic hydroxyl groups is 4. The molecule has 0 spiro atoms. The van der Waals surface area contributed by atoms with Gasteiger partial charge in [0, 0.05) is 11.8 Å². The summed E-state index contributed by atoms with van der Waals surface area (Å²) in [4.78, 5) is 0. The van der Waals surface area contributed by atoms with Crippen molar-refractivity contribution in [3.8, 4) is 0 Å². The van der Waals surface area contributed by atoms with E-state index in [-0.39, 0.29) is 25.0 Å². The largest absolute Gasteiger partial charge is 0.394 e. The highest BCUT2D eigenvalue weighted by Crippen LogP contribution is 2.29. The van der Waals surface area contributed by atoms with Crippen LogP contribution in [0.25, 0.3) is 0 Å². The average Bonchev–Trinajstić information content (AvgIpc) is 2.30. The quantitative estimate of drug-likeness (QED) is 0.454. The van der Waals surface area contributed by atoms with Crippen molar-refractivity contribution in [3.05, 3.63) is 12.2 Å². The molecule has 4 atom stereocenters. The van der Waals surface area contributed by atoms with E-state index in [2.05, 4.69) is 6.58 Å². The van der Waals surface area contributed by atoms with Crippen LogP contribution in [0.5, 0.6) is 0 Å². The van der Waals surface area contributed by atoms with Gasteiger partial charge in [0.05, 0.1) is 25.4 Å². The summed E-state index contributed by atoms with van der Waals surface area (Å²) in [6, 6.07) is 0. The Bertz CT molecular complexity index is 185. The van der Waals surface area contributed by atoms with E-state index in [0.717, 1.165) is 0 Å². The van der Waals surface area contributed by atoms with Gasteiger partial charge in [-0.05, 0) is 12.8 Å². The van der Waals surface area contributed by atoms with E-state index in [4.69, 9.17) is 10.2 Å². The molecule has 0 rings (SSSR count). The maximum atomic E-state index is 9.63. The minimum absolute atomic E-state index is 0.240. The smallest absolute Gasteiger partial charge is 0.0835 e. The Morgan fingerprint density at radius 3 is 1.44 bits per heavy atom. The Morgan fingerprint density at radius 2 is 1.25 bits per heavy atom. The van der Waals surface area contributed by atoms with Crippen molar-refractivity contribution in [3.63, 3.8) is 0 Å². The van der Waals surface area contributed by atoms with Crippen LogP contribution in [0.1, 0.15) is 26.7 Å². The molecule has 0 bridgehead atoms. The molecule has 0 radical (unpaired) electrons. The zero-order chi connectivity index (χ0) is 12.7. The zero-order valence-corrected chi connectivity index (χ0v) is 10.1. The third-order valence-electron chi connectivity index (χ3n) is 3.14. The third kappa shape index (κ3) is 3.87. The van der Waals surface area contributed by atoms with E-state index in [1.54, 1.807) is 0 Å². The van der Waals surface area contributed by atoms with Gasteiger partial charge in [0.15, 0.2) is 0 Å². The molecule has 0 aromatic heterocycles. The molecule has 16 heavy (non-hydrogen) atoms. The van der Waals surface area contributed by atoms with Crippen molar-refractivity contribution >= 4 is 0 Å². The first-order valence-corrected chi connectivity index (χ1v) is 5.79. The summed E-state index contributed by atoms with van der Waals surface area (Å²) in [5, 5.41) is 37.1. The maximum Gasteiger partial charge on any atom is 0.0835 e. The standard InChI is InChI=1S/C12H24O4/c1-4-9(11(15)6-13)8(3)10(5-2)12(16)7-14/h9-16H,3-7H2,1-2H3. The normalized spacial score (nSPS) is 18.9. The second kappa shape index (κ2) is 7.79. The van der Waals surface area contributed by atoms with Gasteiger partial charge in [-0.1, -0.05) is 26.0 Å². The third-order valence-corrected chi connectivity index (χ3v) is 3.14. The summed E-state index contributed by atoms with van der Waals surface area (Å²) >= 11 is 0. The first kappa shape index (κ1) is 15.6. The lowest BCUT2D eigenvalue weighted by molar-refractivity contribution is 0.0309. The molecular formula is C12H24O4. The molecular weight excluding hydrogens is 208 g/mol. The van der Waals surface area contributed by atoms with Crippen LogP contribution < -0.4 is 0 Å². The van der Waals surface area contributed by atoms with Crippen LogP contribution in [0.4, 0.5) is 0 Å². The van der Waals surface area contributed by atoms with Crippen LogP contribution >= 0.6 is 0 Å². The summed E-state index contributed by atoms with van der Waals surface area (Å²) in [6.45, 7) is 7.05. The number of hydrogen-bond donors (Lipinski definition) is 4. The van der Waals surface area contributed by atoms with Crippen LogP contribution in [0.3, 0.4) is 0 Å². The monoisotopic (exact) mass is 232 g/mol. The van der Waals surface area contributed by atoms with Crippen molar-refractivity contribution in [2.24, 2.45) is 11.8 Å². The highest BCUT2D eigenvalue weighted by atomic mass is 16.3. The fourth-order valence-corrected chi connectivity index (χ4v) is 2.09. The Labute approximate surface area is 97.2 Å². The predicted molar refractivity (Wildman–Crippen MR) is 62.9 cm³/mol. The van der Waals surface area contributed by atoms with Crippen molar-refractivity contribution < 1.29 is 20.4 Å². The highest BCUT2D eigenvalue weighted by Gasteiger charge is 2.28. The first-order valence-electron chi connectivity index (χ1n) is 5.79. The highest BCUT2D eigenvalue weighted by molar-refractivity contribution is 5.09. The average molecular weight is 232 g/mol. The molecule has 0 aromatic rings. The summed E-state index contributed by atoms with van der Waals surface area (Å²) in [7, 11) is 0. The molecule has 4 nitrogen and oxygen atoms in total. The van der Waals surface area contributed by atoms with Gasteiger partial charge in [-0.25, -0.2) is 0 Å². The van der Waals surface area contributed by atoms with Gasteiger partial charge >= 0.3 is 0 Å². The summed E-state index contributed by atoms with van der Waals surface area (Å²) in [6.07, 6.45) is -0.403. The molecule has 96 valence electrons. The van der Waals surface area contributed by atoms with Gasteiger partial charge in [0.25, 0.3) is 0 Å². The van der Waals surface area contributed by atoms with Gasteiger partial charge in [-0.3, -0.25) is 0 Å². The van der Waals surface area contributed by atoms with Gasteiger partial charge < -0.3 is 20.4 Å². The number of hydrogen-bond acceptors (Lipinski definition) is 4. The number of rotatable bonds is 8. The minimum atomic E-state index is -0.850. The molecule has 4 N–H and O–H groups in total. The zero-order valence-electron chi connectivity index (χ0n) is 10.1. The summed E-state index contributed by atoms with van der Waals surface area (Å²) < 4.78 is 0. The molecule has 0 heterocycles. The lowest BCUT2D eigenvalue weighted by atomic mass is 9.80. The fourth-order valence-electron chi connectivity index (χ4n) is 2.09. The lowest BCUT2D eigenvalue weighted by Gasteiger charge is -2.30. The van der Waals surface area contributed by atoms with E-state index in [0.29, 0.717) is 18.4 Å². The van der Waals surface area contributed by atoms with E-state index in [1.807, 2.05) is 13.8 Å². The molecule has 0 aliphatic rings. The molecule has 0 saturated carbocycles. The maximum absolute atomic E-state index is 9.63. The van der Waals surface area contributed by atoms with Crippen molar-refractivity contribution in [1.29, 1.82) is 0 Å². The van der Waals surface area contributed by atoms with Crippen molar-refractivity contribution in [2.75, 3.05) is 13.2 Å². The molecule has 4 unspecified atom stereocenters. The summed E-state index contributed by atoms with van der Waals surface area (Å²) in [5.41, 5.74) is 0.702. The predicted octanol–water partition coefficient (Wildman–Crippen LogP) is 0.301. The Hall–Kier alpha value is -0.420. The second-order valence-electron chi connectivity index (χ2n) is 4.10. The molecule has 0 saturated heterocycles. The van der Waals surface area contributed by atoms with E-state index >= 15 is 0 Å². The Balaban J connectivity index is 4.69. The minimum Gasteiger partial charge on any atom is -0.394 e. The van der Waals surface area contributed by atoms with Gasteiger partial charge in [0.1, 0.15) is 0 Å². The van der Waals surface area contributed by atoms with E-state index in [9.17, 15) is 10.2 Å². The lowest BCUT2D eigenvalue weighted by Crippen LogP contribution is -2.33. The Kier molecular flexibility index (Phi) is 7.58. The van der Waals surface area contributed by atoms with Crippen LogP contribution in [0.2, 0.25) is 0 Å². The van der Waals surface area contributed by atoms with Gasteiger partial charge in [-0.15, -0.1) is 0 Å².